The third-order valence-electron chi connectivity index (χ3n) is 3.91. The molecular formula is C15H23N5O2. The molecule has 7 nitrogen and oxygen atoms in total. The van der Waals surface area contributed by atoms with Crippen molar-refractivity contribution in [3.8, 4) is 11.3 Å². The largest absolute Gasteiger partial charge is 0.394 e. The average molecular weight is 305 g/mol. The molecule has 0 bridgehead atoms. The summed E-state index contributed by atoms with van der Waals surface area (Å²) < 4.78 is 1.79. The van der Waals surface area contributed by atoms with Gasteiger partial charge in [0, 0.05) is 18.3 Å². The number of H-pyrrole nitrogens is 1. The number of aromatic amines is 1. The number of aliphatic hydroxyl groups excluding tert-OH is 1. The van der Waals surface area contributed by atoms with Gasteiger partial charge in [0.15, 0.2) is 0 Å². The number of hydrogen-bond donors (Lipinski definition) is 3. The van der Waals surface area contributed by atoms with Crippen molar-refractivity contribution < 1.29 is 9.90 Å². The smallest absolute Gasteiger partial charge is 0.269 e. The van der Waals surface area contributed by atoms with Gasteiger partial charge < -0.3 is 10.4 Å². The molecule has 7 heteroatoms. The summed E-state index contributed by atoms with van der Waals surface area (Å²) in [5, 5.41) is 23.4. The number of aryl methyl sites for hydroxylation is 2. The summed E-state index contributed by atoms with van der Waals surface area (Å²) in [7, 11) is 1.88. The molecule has 0 aliphatic carbocycles. The Morgan fingerprint density at radius 1 is 1.45 bits per heavy atom. The Morgan fingerprint density at radius 3 is 2.64 bits per heavy atom. The number of aliphatic hydroxyl groups is 1. The summed E-state index contributed by atoms with van der Waals surface area (Å²) in [6.07, 6.45) is 0. The highest BCUT2D eigenvalue weighted by molar-refractivity contribution is 5.93. The molecule has 2 rings (SSSR count). The Balaban J connectivity index is 2.23. The van der Waals surface area contributed by atoms with Gasteiger partial charge in [0.2, 0.25) is 0 Å². The van der Waals surface area contributed by atoms with Crippen LogP contribution >= 0.6 is 0 Å². The molecule has 0 unspecified atom stereocenters. The molecule has 1 atom stereocenters. The van der Waals surface area contributed by atoms with Gasteiger partial charge >= 0.3 is 0 Å². The first-order valence-corrected chi connectivity index (χ1v) is 7.32. The first kappa shape index (κ1) is 16.2. The summed E-state index contributed by atoms with van der Waals surface area (Å²) in [6.45, 7) is 7.68. The second-order valence-electron chi connectivity index (χ2n) is 5.84. The second kappa shape index (κ2) is 6.31. The minimum absolute atomic E-state index is 0.0920. The fourth-order valence-corrected chi connectivity index (χ4v) is 2.38. The highest BCUT2D eigenvalue weighted by atomic mass is 16.3. The summed E-state index contributed by atoms with van der Waals surface area (Å²) >= 11 is 0. The van der Waals surface area contributed by atoms with Crippen LogP contribution in [-0.4, -0.2) is 43.6 Å². The number of aromatic nitrogens is 4. The molecule has 0 fully saturated rings. The maximum Gasteiger partial charge on any atom is 0.269 e. The number of amides is 1. The van der Waals surface area contributed by atoms with Crippen molar-refractivity contribution in [3.63, 3.8) is 0 Å². The fraction of sp³-hybridized carbons (Fsp3) is 0.533. The van der Waals surface area contributed by atoms with Crippen molar-refractivity contribution in [1.82, 2.24) is 25.3 Å². The number of carbonyl (C=O) groups is 1. The zero-order chi connectivity index (χ0) is 16.4. The standard InChI is InChI=1S/C15H23N5O2/c1-8(2)13(7-21)16-15(22)12-6-11(17-18-12)14-9(3)19-20(5)10(14)4/h6,8,13,21H,7H2,1-5H3,(H,16,22)(H,17,18)/t13-/m0/s1. The first-order valence-electron chi connectivity index (χ1n) is 7.32. The summed E-state index contributed by atoms with van der Waals surface area (Å²) in [4.78, 5) is 12.2. The molecule has 120 valence electrons. The van der Waals surface area contributed by atoms with Crippen LogP contribution in [0.5, 0.6) is 0 Å². The molecule has 0 aliphatic heterocycles. The number of rotatable bonds is 5. The lowest BCUT2D eigenvalue weighted by Gasteiger charge is -2.19. The molecule has 22 heavy (non-hydrogen) atoms. The molecule has 0 aromatic carbocycles. The van der Waals surface area contributed by atoms with Crippen LogP contribution in [0.2, 0.25) is 0 Å². The van der Waals surface area contributed by atoms with Crippen molar-refractivity contribution in [2.45, 2.75) is 33.7 Å². The number of carbonyl (C=O) groups excluding carboxylic acids is 1. The van der Waals surface area contributed by atoms with Gasteiger partial charge in [0.25, 0.3) is 5.91 Å². The van der Waals surface area contributed by atoms with Crippen LogP contribution < -0.4 is 5.32 Å². The summed E-state index contributed by atoms with van der Waals surface area (Å²) in [6, 6.07) is 1.43. The molecule has 1 amide bonds. The van der Waals surface area contributed by atoms with Gasteiger partial charge in [-0.1, -0.05) is 13.8 Å². The SMILES string of the molecule is Cc1nn(C)c(C)c1-c1cc(C(=O)N[C@@H](CO)C(C)C)[nH]n1. The topological polar surface area (TPSA) is 95.8 Å². The van der Waals surface area contributed by atoms with E-state index < -0.39 is 0 Å². The molecule has 3 N–H and O–H groups in total. The number of nitrogens with one attached hydrogen (secondary N) is 2. The van der Waals surface area contributed by atoms with Crippen LogP contribution in [0.25, 0.3) is 11.3 Å². The molecular weight excluding hydrogens is 282 g/mol. The van der Waals surface area contributed by atoms with Crippen molar-refractivity contribution in [1.29, 1.82) is 0 Å². The van der Waals surface area contributed by atoms with E-state index in [1.165, 1.54) is 0 Å². The highest BCUT2D eigenvalue weighted by Gasteiger charge is 2.20. The summed E-state index contributed by atoms with van der Waals surface area (Å²) in [5.74, 6) is -0.121. The molecule has 2 aromatic heterocycles. The zero-order valence-electron chi connectivity index (χ0n) is 13.6. The Morgan fingerprint density at radius 2 is 2.14 bits per heavy atom. The molecule has 2 heterocycles. The van der Waals surface area contributed by atoms with E-state index in [0.717, 1.165) is 17.0 Å². The zero-order valence-corrected chi connectivity index (χ0v) is 13.6. The maximum absolute atomic E-state index is 12.2. The van der Waals surface area contributed by atoms with E-state index in [-0.39, 0.29) is 24.5 Å². The van der Waals surface area contributed by atoms with Gasteiger partial charge in [0.1, 0.15) is 5.69 Å². The third kappa shape index (κ3) is 3.04. The minimum Gasteiger partial charge on any atom is -0.394 e. The lowest BCUT2D eigenvalue weighted by atomic mass is 10.1. The third-order valence-corrected chi connectivity index (χ3v) is 3.91. The lowest BCUT2D eigenvalue weighted by Crippen LogP contribution is -2.41. The van der Waals surface area contributed by atoms with Gasteiger partial charge in [-0.2, -0.15) is 10.2 Å². The highest BCUT2D eigenvalue weighted by Crippen LogP contribution is 2.25. The van der Waals surface area contributed by atoms with Crippen LogP contribution in [0.4, 0.5) is 0 Å². The molecule has 2 aromatic rings. The maximum atomic E-state index is 12.2. The van der Waals surface area contributed by atoms with E-state index in [1.807, 2.05) is 34.7 Å². The van der Waals surface area contributed by atoms with E-state index in [2.05, 4.69) is 20.6 Å². The second-order valence-corrected chi connectivity index (χ2v) is 5.84. The van der Waals surface area contributed by atoms with E-state index in [4.69, 9.17) is 0 Å². The molecule has 0 saturated heterocycles. The van der Waals surface area contributed by atoms with E-state index in [9.17, 15) is 9.90 Å². The fourth-order valence-electron chi connectivity index (χ4n) is 2.38. The Hall–Kier alpha value is -2.15. The average Bonchev–Trinajstić information content (AvgIpc) is 3.01. The Labute approximate surface area is 129 Å². The van der Waals surface area contributed by atoms with Crippen LogP contribution in [0, 0.1) is 19.8 Å². The number of nitrogens with zero attached hydrogens (tertiary/aromatic N) is 3. The van der Waals surface area contributed by atoms with Crippen LogP contribution in [0.15, 0.2) is 6.07 Å². The Kier molecular flexibility index (Phi) is 4.65. The van der Waals surface area contributed by atoms with Gasteiger partial charge in [-0.15, -0.1) is 0 Å². The summed E-state index contributed by atoms with van der Waals surface area (Å²) in [5.41, 5.74) is 3.86. The molecule has 0 aliphatic rings. The molecule has 0 spiro atoms. The molecule has 0 radical (unpaired) electrons. The van der Waals surface area contributed by atoms with Crippen molar-refractivity contribution in [2.75, 3.05) is 6.61 Å². The van der Waals surface area contributed by atoms with Crippen LogP contribution in [0.3, 0.4) is 0 Å². The van der Waals surface area contributed by atoms with Gasteiger partial charge in [-0.25, -0.2) is 0 Å². The van der Waals surface area contributed by atoms with Gasteiger partial charge in [-0.3, -0.25) is 14.6 Å². The monoisotopic (exact) mass is 305 g/mol. The van der Waals surface area contributed by atoms with Crippen molar-refractivity contribution in [2.24, 2.45) is 13.0 Å². The lowest BCUT2D eigenvalue weighted by molar-refractivity contribution is 0.0892. The van der Waals surface area contributed by atoms with Crippen molar-refractivity contribution >= 4 is 5.91 Å². The minimum atomic E-state index is -0.277. The van der Waals surface area contributed by atoms with Gasteiger partial charge in [0.05, 0.1) is 24.0 Å². The van der Waals surface area contributed by atoms with Crippen LogP contribution in [-0.2, 0) is 7.05 Å². The number of hydrogen-bond acceptors (Lipinski definition) is 4. The van der Waals surface area contributed by atoms with Crippen LogP contribution in [0.1, 0.15) is 35.7 Å². The first-order chi connectivity index (χ1) is 10.3. The quantitative estimate of drug-likeness (QED) is 0.772. The van der Waals surface area contributed by atoms with E-state index >= 15 is 0 Å². The van der Waals surface area contributed by atoms with E-state index in [1.54, 1.807) is 10.7 Å². The van der Waals surface area contributed by atoms with Crippen molar-refractivity contribution in [3.05, 3.63) is 23.1 Å². The van der Waals surface area contributed by atoms with E-state index in [0.29, 0.717) is 11.4 Å². The Bertz CT molecular complexity index is 672. The normalized spacial score (nSPS) is 12.7. The van der Waals surface area contributed by atoms with Gasteiger partial charge in [-0.05, 0) is 25.8 Å². The molecule has 0 saturated carbocycles. The predicted octanol–water partition coefficient (Wildman–Crippen LogP) is 1.17. The predicted molar refractivity (Wildman–Crippen MR) is 83.4 cm³/mol.